The maximum atomic E-state index is 13.8. The summed E-state index contributed by atoms with van der Waals surface area (Å²) in [5.74, 6) is -0.807. The second kappa shape index (κ2) is 14.4. The number of urea groups is 1. The maximum Gasteiger partial charge on any atom is 0.416 e. The molecule has 0 aromatic heterocycles. The number of aliphatic hydroxyl groups is 1. The summed E-state index contributed by atoms with van der Waals surface area (Å²) < 4.78 is 40.6. The van der Waals surface area contributed by atoms with Crippen LogP contribution in [-0.4, -0.2) is 53.4 Å². The largest absolute Gasteiger partial charge is 0.416 e. The zero-order chi connectivity index (χ0) is 32.8. The van der Waals surface area contributed by atoms with Crippen LogP contribution in [0.4, 0.5) is 23.7 Å². The third kappa shape index (κ3) is 9.22. The molecule has 0 aliphatic carbocycles. The first-order valence-corrected chi connectivity index (χ1v) is 15.3. The van der Waals surface area contributed by atoms with Crippen LogP contribution < -0.4 is 26.6 Å². The van der Waals surface area contributed by atoms with E-state index in [1.807, 2.05) is 48.5 Å². The van der Waals surface area contributed by atoms with Gasteiger partial charge in [0.2, 0.25) is 5.91 Å². The van der Waals surface area contributed by atoms with Crippen molar-refractivity contribution in [2.75, 3.05) is 23.8 Å². The van der Waals surface area contributed by atoms with Crippen molar-refractivity contribution in [1.29, 1.82) is 0 Å². The molecular weight excluding hydrogens is 607 g/mol. The average Bonchev–Trinajstić information content (AvgIpc) is 3.10. The van der Waals surface area contributed by atoms with Crippen LogP contribution in [0, 0.1) is 0 Å². The SMILES string of the molecule is CC(C)(N)CC(=O)N[C@@H]1CSc2cc(C(F)(F)F)ccc2N(Cc2ccc(-c3ccccc3CNC(=O)NCCO)cc2)C1=O. The van der Waals surface area contributed by atoms with Crippen molar-refractivity contribution in [1.82, 2.24) is 16.0 Å². The summed E-state index contributed by atoms with van der Waals surface area (Å²) in [6.07, 6.45) is -4.58. The highest BCUT2D eigenvalue weighted by atomic mass is 32.2. The quantitative estimate of drug-likeness (QED) is 0.222. The number of fused-ring (bicyclic) bond motifs is 1. The number of amides is 4. The molecule has 0 saturated heterocycles. The summed E-state index contributed by atoms with van der Waals surface area (Å²) >= 11 is 1.08. The van der Waals surface area contributed by atoms with Gasteiger partial charge in [0.15, 0.2) is 0 Å². The van der Waals surface area contributed by atoms with Crippen molar-refractivity contribution in [3.05, 3.63) is 83.4 Å². The second-order valence-corrected chi connectivity index (χ2v) is 12.5. The minimum atomic E-state index is -4.55. The molecule has 13 heteroatoms. The molecule has 1 aliphatic rings. The fourth-order valence-electron chi connectivity index (χ4n) is 4.84. The predicted octanol–water partition coefficient (Wildman–Crippen LogP) is 4.42. The van der Waals surface area contributed by atoms with Crippen LogP contribution >= 0.6 is 11.8 Å². The molecule has 6 N–H and O–H groups in total. The van der Waals surface area contributed by atoms with Gasteiger partial charge < -0.3 is 31.7 Å². The maximum absolute atomic E-state index is 13.8. The van der Waals surface area contributed by atoms with Crippen LogP contribution in [-0.2, 0) is 28.9 Å². The molecule has 3 aromatic carbocycles. The Balaban J connectivity index is 1.59. The van der Waals surface area contributed by atoms with E-state index < -0.39 is 41.2 Å². The number of nitrogens with one attached hydrogen (secondary N) is 3. The Bertz CT molecular complexity index is 1530. The number of nitrogens with two attached hydrogens (primary N) is 1. The van der Waals surface area contributed by atoms with E-state index in [1.165, 1.54) is 11.0 Å². The van der Waals surface area contributed by atoms with Gasteiger partial charge >= 0.3 is 12.2 Å². The van der Waals surface area contributed by atoms with E-state index in [2.05, 4.69) is 16.0 Å². The number of carbonyl (C=O) groups is 3. The average molecular weight is 644 g/mol. The third-order valence-electron chi connectivity index (χ3n) is 6.96. The molecule has 0 fully saturated rings. The first kappa shape index (κ1) is 33.8. The molecule has 4 amide bonds. The van der Waals surface area contributed by atoms with Crippen molar-refractivity contribution >= 4 is 35.3 Å². The lowest BCUT2D eigenvalue weighted by atomic mass is 9.98. The van der Waals surface area contributed by atoms with Crippen LogP contribution in [0.5, 0.6) is 0 Å². The summed E-state index contributed by atoms with van der Waals surface area (Å²) in [4.78, 5) is 40.1. The lowest BCUT2D eigenvalue weighted by Gasteiger charge is -2.27. The molecule has 1 aliphatic heterocycles. The number of nitrogens with zero attached hydrogens (tertiary/aromatic N) is 1. The standard InChI is InChI=1S/C32H36F3N5O4S/c1-31(2,36)16-28(42)39-25-19-45-27-15-23(32(33,34)35)11-12-26(27)40(29(25)43)18-20-7-9-21(10-8-20)24-6-4-3-5-22(24)17-38-30(44)37-13-14-41/h3-12,15,25,41H,13-14,16-19,36H2,1-2H3,(H,39,42)(H2,37,38,44)/t25-/m1/s1. The molecule has 1 atom stereocenters. The van der Waals surface area contributed by atoms with E-state index in [0.29, 0.717) is 5.69 Å². The van der Waals surface area contributed by atoms with Gasteiger partial charge in [-0.3, -0.25) is 9.59 Å². The lowest BCUT2D eigenvalue weighted by Crippen LogP contribution is -2.51. The molecule has 0 spiro atoms. The number of alkyl halides is 3. The normalized spacial score (nSPS) is 15.2. The Morgan fingerprint density at radius 2 is 1.76 bits per heavy atom. The van der Waals surface area contributed by atoms with Crippen LogP contribution in [0.25, 0.3) is 11.1 Å². The second-order valence-electron chi connectivity index (χ2n) is 11.4. The first-order chi connectivity index (χ1) is 21.2. The summed E-state index contributed by atoms with van der Waals surface area (Å²) in [5, 5.41) is 16.9. The number of rotatable bonds is 10. The summed E-state index contributed by atoms with van der Waals surface area (Å²) in [5.41, 5.74) is 7.99. The van der Waals surface area contributed by atoms with E-state index in [-0.39, 0.29) is 43.3 Å². The van der Waals surface area contributed by atoms with Crippen molar-refractivity contribution in [3.63, 3.8) is 0 Å². The highest BCUT2D eigenvalue weighted by Crippen LogP contribution is 2.40. The van der Waals surface area contributed by atoms with E-state index in [0.717, 1.165) is 46.1 Å². The van der Waals surface area contributed by atoms with Crippen LogP contribution in [0.1, 0.15) is 37.0 Å². The summed E-state index contributed by atoms with van der Waals surface area (Å²) in [6.45, 7) is 3.65. The highest BCUT2D eigenvalue weighted by Gasteiger charge is 2.36. The number of halogens is 3. The zero-order valence-electron chi connectivity index (χ0n) is 24.9. The summed E-state index contributed by atoms with van der Waals surface area (Å²) in [6, 6.07) is 16.8. The van der Waals surface area contributed by atoms with Crippen LogP contribution in [0.3, 0.4) is 0 Å². The Kier molecular flexibility index (Phi) is 10.8. The van der Waals surface area contributed by atoms with Gasteiger partial charge in [-0.1, -0.05) is 48.5 Å². The lowest BCUT2D eigenvalue weighted by molar-refractivity contribution is -0.137. The molecule has 9 nitrogen and oxygen atoms in total. The van der Waals surface area contributed by atoms with Crippen LogP contribution in [0.15, 0.2) is 71.6 Å². The third-order valence-corrected chi connectivity index (χ3v) is 8.10. The molecule has 3 aromatic rings. The fraction of sp³-hybridized carbons (Fsp3) is 0.344. The monoisotopic (exact) mass is 643 g/mol. The van der Waals surface area contributed by atoms with E-state index in [9.17, 15) is 27.6 Å². The fourth-order valence-corrected chi connectivity index (χ4v) is 5.95. The van der Waals surface area contributed by atoms with Gasteiger partial charge in [0.25, 0.3) is 5.91 Å². The van der Waals surface area contributed by atoms with Gasteiger partial charge in [-0.15, -0.1) is 11.8 Å². The Morgan fingerprint density at radius 1 is 1.04 bits per heavy atom. The molecule has 45 heavy (non-hydrogen) atoms. The van der Waals surface area contributed by atoms with Crippen molar-refractivity contribution in [2.24, 2.45) is 5.73 Å². The minimum absolute atomic E-state index is 0.0294. The Hall–Kier alpha value is -4.07. The van der Waals surface area contributed by atoms with Crippen LogP contribution in [0.2, 0.25) is 0 Å². The number of aliphatic hydroxyl groups excluding tert-OH is 1. The number of hydrogen-bond acceptors (Lipinski definition) is 6. The van der Waals surface area contributed by atoms with Gasteiger partial charge in [0.05, 0.1) is 24.4 Å². The molecule has 4 rings (SSSR count). The van der Waals surface area contributed by atoms with Crippen molar-refractivity contribution in [3.8, 4) is 11.1 Å². The predicted molar refractivity (Wildman–Crippen MR) is 167 cm³/mol. The number of hydrogen-bond donors (Lipinski definition) is 5. The molecule has 1 heterocycles. The smallest absolute Gasteiger partial charge is 0.395 e. The molecule has 0 saturated carbocycles. The minimum Gasteiger partial charge on any atom is -0.395 e. The zero-order valence-corrected chi connectivity index (χ0v) is 25.7. The molecule has 240 valence electrons. The van der Waals surface area contributed by atoms with Gasteiger partial charge in [-0.05, 0) is 54.3 Å². The molecule has 0 radical (unpaired) electrons. The number of carbonyl (C=O) groups excluding carboxylic acids is 3. The van der Waals surface area contributed by atoms with Gasteiger partial charge in [-0.25, -0.2) is 4.79 Å². The van der Waals surface area contributed by atoms with Crippen molar-refractivity contribution < 1.29 is 32.7 Å². The van der Waals surface area contributed by atoms with Crippen molar-refractivity contribution in [2.45, 2.75) is 56.0 Å². The summed E-state index contributed by atoms with van der Waals surface area (Å²) in [7, 11) is 0. The first-order valence-electron chi connectivity index (χ1n) is 14.3. The number of anilines is 1. The van der Waals surface area contributed by atoms with E-state index >= 15 is 0 Å². The number of benzene rings is 3. The molecule has 0 bridgehead atoms. The van der Waals surface area contributed by atoms with Gasteiger partial charge in [-0.2, -0.15) is 13.2 Å². The van der Waals surface area contributed by atoms with E-state index in [1.54, 1.807) is 13.8 Å². The topological polar surface area (TPSA) is 137 Å². The van der Waals surface area contributed by atoms with Gasteiger partial charge in [0.1, 0.15) is 6.04 Å². The molecular formula is C32H36F3N5O4S. The van der Waals surface area contributed by atoms with Gasteiger partial charge in [0, 0.05) is 35.7 Å². The van der Waals surface area contributed by atoms with E-state index in [4.69, 9.17) is 10.8 Å². The molecule has 0 unspecified atom stereocenters. The Labute approximate surface area is 263 Å². The number of thioether (sulfide) groups is 1. The highest BCUT2D eigenvalue weighted by molar-refractivity contribution is 7.99. The Morgan fingerprint density at radius 3 is 2.42 bits per heavy atom.